The van der Waals surface area contributed by atoms with E-state index in [2.05, 4.69) is 24.2 Å². The summed E-state index contributed by atoms with van der Waals surface area (Å²) in [5, 5.41) is 3.10. The van der Waals surface area contributed by atoms with E-state index < -0.39 is 0 Å². The first-order valence-corrected chi connectivity index (χ1v) is 5.20. The second-order valence-electron chi connectivity index (χ2n) is 3.95. The summed E-state index contributed by atoms with van der Waals surface area (Å²) in [6.07, 6.45) is 3.09. The van der Waals surface area contributed by atoms with Gasteiger partial charge in [0.25, 0.3) is 0 Å². The van der Waals surface area contributed by atoms with Crippen LogP contribution in [0.4, 0.5) is 0 Å². The zero-order chi connectivity index (χ0) is 9.68. The van der Waals surface area contributed by atoms with Gasteiger partial charge in [0.05, 0.1) is 12.7 Å². The number of hydrogen-bond donors (Lipinski definition) is 1. The molecule has 1 saturated carbocycles. The van der Waals surface area contributed by atoms with Crippen LogP contribution in [0.1, 0.15) is 19.8 Å². The van der Waals surface area contributed by atoms with E-state index in [-0.39, 0.29) is 0 Å². The smallest absolute Gasteiger partial charge is 0.0671 e. The number of ether oxygens (including phenoxy) is 1. The minimum atomic E-state index is 0.331. The molecule has 1 fully saturated rings. The molecular formula is C10H22N2O. The van der Waals surface area contributed by atoms with Crippen LogP contribution < -0.4 is 5.32 Å². The van der Waals surface area contributed by atoms with Crippen LogP contribution in [0.2, 0.25) is 0 Å². The van der Waals surface area contributed by atoms with E-state index in [1.807, 2.05) is 7.05 Å². The molecule has 0 amide bonds. The first-order valence-electron chi connectivity index (χ1n) is 5.20. The van der Waals surface area contributed by atoms with Crippen LogP contribution in [0.3, 0.4) is 0 Å². The van der Waals surface area contributed by atoms with Crippen molar-refractivity contribution in [2.45, 2.75) is 31.9 Å². The molecule has 0 bridgehead atoms. The molecule has 0 aromatic rings. The Bertz CT molecular complexity index is 137. The lowest BCUT2D eigenvalue weighted by molar-refractivity contribution is 0.0526. The van der Waals surface area contributed by atoms with Crippen molar-refractivity contribution in [1.82, 2.24) is 10.2 Å². The van der Waals surface area contributed by atoms with Crippen molar-refractivity contribution in [3.8, 4) is 0 Å². The maximum atomic E-state index is 5.63. The maximum absolute atomic E-state index is 5.63. The van der Waals surface area contributed by atoms with Gasteiger partial charge in [0, 0.05) is 19.1 Å². The van der Waals surface area contributed by atoms with Crippen molar-refractivity contribution in [3.05, 3.63) is 0 Å². The summed E-state index contributed by atoms with van der Waals surface area (Å²) >= 11 is 0. The highest BCUT2D eigenvalue weighted by molar-refractivity contribution is 4.82. The molecule has 0 aromatic carbocycles. The third kappa shape index (κ3) is 4.60. The number of nitrogens with one attached hydrogen (secondary N) is 1. The van der Waals surface area contributed by atoms with E-state index >= 15 is 0 Å². The van der Waals surface area contributed by atoms with Crippen molar-refractivity contribution in [2.24, 2.45) is 0 Å². The highest BCUT2D eigenvalue weighted by atomic mass is 16.5. The van der Waals surface area contributed by atoms with E-state index in [9.17, 15) is 0 Å². The molecule has 0 spiro atoms. The average molecular weight is 186 g/mol. The molecule has 1 rings (SSSR count). The van der Waals surface area contributed by atoms with Gasteiger partial charge in [-0.15, -0.1) is 0 Å². The van der Waals surface area contributed by atoms with Crippen molar-refractivity contribution in [3.63, 3.8) is 0 Å². The Morgan fingerprint density at radius 3 is 2.77 bits per heavy atom. The summed E-state index contributed by atoms with van der Waals surface area (Å²) in [6.45, 7) is 4.97. The lowest BCUT2D eigenvalue weighted by atomic mass is 10.4. The van der Waals surface area contributed by atoms with Crippen LogP contribution >= 0.6 is 0 Å². The summed E-state index contributed by atoms with van der Waals surface area (Å²) in [5.74, 6) is 0. The highest BCUT2D eigenvalue weighted by Crippen LogP contribution is 2.24. The van der Waals surface area contributed by atoms with Gasteiger partial charge < -0.3 is 15.0 Å². The number of nitrogens with zero attached hydrogens (tertiary/aromatic N) is 1. The standard InChI is InChI=1S/C10H22N2O/c1-9(8-11-2)13-7-6-12(3)10-4-5-10/h9-11H,4-8H2,1-3H3. The first kappa shape index (κ1) is 11.0. The largest absolute Gasteiger partial charge is 0.376 e. The number of rotatable bonds is 7. The van der Waals surface area contributed by atoms with Crippen molar-refractivity contribution < 1.29 is 4.74 Å². The molecule has 78 valence electrons. The predicted octanol–water partition coefficient (Wildman–Crippen LogP) is 0.705. The van der Waals surface area contributed by atoms with Gasteiger partial charge in [0.2, 0.25) is 0 Å². The van der Waals surface area contributed by atoms with Gasteiger partial charge in [-0.25, -0.2) is 0 Å². The van der Waals surface area contributed by atoms with Crippen molar-refractivity contribution in [1.29, 1.82) is 0 Å². The van der Waals surface area contributed by atoms with Gasteiger partial charge in [0.15, 0.2) is 0 Å². The molecule has 1 N–H and O–H groups in total. The molecule has 3 nitrogen and oxygen atoms in total. The van der Waals surface area contributed by atoms with Crippen LogP contribution in [-0.4, -0.2) is 50.8 Å². The fraction of sp³-hybridized carbons (Fsp3) is 1.00. The van der Waals surface area contributed by atoms with E-state index in [0.29, 0.717) is 6.10 Å². The van der Waals surface area contributed by atoms with Gasteiger partial charge >= 0.3 is 0 Å². The van der Waals surface area contributed by atoms with E-state index in [0.717, 1.165) is 25.7 Å². The Morgan fingerprint density at radius 1 is 1.54 bits per heavy atom. The molecule has 0 heterocycles. The molecule has 3 heteroatoms. The summed E-state index contributed by atoms with van der Waals surface area (Å²) < 4.78 is 5.63. The monoisotopic (exact) mass is 186 g/mol. The number of likely N-dealkylation sites (N-methyl/N-ethyl adjacent to an activating group) is 2. The minimum absolute atomic E-state index is 0.331. The topological polar surface area (TPSA) is 24.5 Å². The van der Waals surface area contributed by atoms with Crippen molar-refractivity contribution >= 4 is 0 Å². The van der Waals surface area contributed by atoms with Crippen LogP contribution in [0, 0.1) is 0 Å². The normalized spacial score (nSPS) is 19.4. The molecule has 0 aliphatic heterocycles. The fourth-order valence-electron chi connectivity index (χ4n) is 1.44. The molecule has 13 heavy (non-hydrogen) atoms. The van der Waals surface area contributed by atoms with E-state index in [1.165, 1.54) is 12.8 Å². The second-order valence-corrected chi connectivity index (χ2v) is 3.95. The zero-order valence-electron chi connectivity index (χ0n) is 9.05. The Hall–Kier alpha value is -0.120. The second kappa shape index (κ2) is 5.58. The summed E-state index contributed by atoms with van der Waals surface area (Å²) in [7, 11) is 4.14. The maximum Gasteiger partial charge on any atom is 0.0671 e. The van der Waals surface area contributed by atoms with E-state index in [1.54, 1.807) is 0 Å². The summed E-state index contributed by atoms with van der Waals surface area (Å²) in [5.41, 5.74) is 0. The van der Waals surface area contributed by atoms with Gasteiger partial charge in [-0.1, -0.05) is 0 Å². The molecule has 1 atom stereocenters. The Balaban J connectivity index is 1.92. The Morgan fingerprint density at radius 2 is 2.23 bits per heavy atom. The van der Waals surface area contributed by atoms with Crippen molar-refractivity contribution in [2.75, 3.05) is 33.8 Å². The van der Waals surface area contributed by atoms with Crippen LogP contribution in [0.25, 0.3) is 0 Å². The molecule has 1 unspecified atom stereocenters. The molecule has 1 aliphatic rings. The average Bonchev–Trinajstić information content (AvgIpc) is 2.86. The van der Waals surface area contributed by atoms with Crippen LogP contribution in [-0.2, 0) is 4.74 Å². The third-order valence-electron chi connectivity index (χ3n) is 2.51. The lowest BCUT2D eigenvalue weighted by Crippen LogP contribution is -2.29. The van der Waals surface area contributed by atoms with Gasteiger partial charge in [-0.2, -0.15) is 0 Å². The fourth-order valence-corrected chi connectivity index (χ4v) is 1.44. The van der Waals surface area contributed by atoms with Crippen LogP contribution in [0.15, 0.2) is 0 Å². The minimum Gasteiger partial charge on any atom is -0.376 e. The molecular weight excluding hydrogens is 164 g/mol. The lowest BCUT2D eigenvalue weighted by Gasteiger charge is -2.18. The molecule has 0 aromatic heterocycles. The quantitative estimate of drug-likeness (QED) is 0.633. The van der Waals surface area contributed by atoms with Crippen LogP contribution in [0.5, 0.6) is 0 Å². The number of hydrogen-bond acceptors (Lipinski definition) is 3. The molecule has 1 aliphatic carbocycles. The molecule has 0 saturated heterocycles. The first-order chi connectivity index (χ1) is 6.24. The third-order valence-corrected chi connectivity index (χ3v) is 2.51. The highest BCUT2D eigenvalue weighted by Gasteiger charge is 2.25. The summed E-state index contributed by atoms with van der Waals surface area (Å²) in [6, 6.07) is 0.850. The van der Waals surface area contributed by atoms with Gasteiger partial charge in [-0.3, -0.25) is 0 Å². The Labute approximate surface area is 81.4 Å². The molecule has 0 radical (unpaired) electrons. The SMILES string of the molecule is CNCC(C)OCCN(C)C1CC1. The summed E-state index contributed by atoms with van der Waals surface area (Å²) in [4.78, 5) is 2.39. The Kier molecular flexibility index (Phi) is 4.70. The predicted molar refractivity (Wildman–Crippen MR) is 55.0 cm³/mol. The van der Waals surface area contributed by atoms with Gasteiger partial charge in [0.1, 0.15) is 0 Å². The zero-order valence-corrected chi connectivity index (χ0v) is 9.05. The van der Waals surface area contributed by atoms with E-state index in [4.69, 9.17) is 4.74 Å². The van der Waals surface area contributed by atoms with Gasteiger partial charge in [-0.05, 0) is 33.9 Å².